The van der Waals surface area contributed by atoms with Crippen LogP contribution < -0.4 is 0 Å². The van der Waals surface area contributed by atoms with Crippen molar-refractivity contribution >= 4 is 5.97 Å². The van der Waals surface area contributed by atoms with Crippen molar-refractivity contribution in [3.05, 3.63) is 35.1 Å². The molecular weight excluding hydrogens is 229 g/mol. The first-order valence-electron chi connectivity index (χ1n) is 4.73. The van der Waals surface area contributed by atoms with Crippen LogP contribution in [0.3, 0.4) is 0 Å². The van der Waals surface area contributed by atoms with E-state index < -0.39 is 24.0 Å². The molecule has 90 valence electrons. The summed E-state index contributed by atoms with van der Waals surface area (Å²) in [5.41, 5.74) is -0.559. The van der Waals surface area contributed by atoms with Crippen LogP contribution in [0.15, 0.2) is 18.2 Å². The van der Waals surface area contributed by atoms with Crippen LogP contribution in [0.4, 0.5) is 4.39 Å². The van der Waals surface area contributed by atoms with Crippen LogP contribution in [0.5, 0.6) is 0 Å². The van der Waals surface area contributed by atoms with E-state index in [1.807, 2.05) is 0 Å². The number of aromatic carboxylic acids is 1. The number of halogens is 1. The van der Waals surface area contributed by atoms with E-state index in [9.17, 15) is 19.4 Å². The van der Waals surface area contributed by atoms with Gasteiger partial charge in [-0.2, -0.15) is 5.26 Å². The summed E-state index contributed by atoms with van der Waals surface area (Å²) in [6, 6.07) is 4.39. The Morgan fingerprint density at radius 2 is 2.12 bits per heavy atom. The molecule has 0 aliphatic rings. The molecule has 0 fully saturated rings. The van der Waals surface area contributed by atoms with Crippen LogP contribution in [0.2, 0.25) is 0 Å². The molecule has 0 spiro atoms. The standard InChI is InChI=1S/C11H10FNO4/c12-6-1-2-7(11(16)17)8(5-6)10(15)9(14)3-4-13/h1-2,5,9-10,14-15H,3H2,(H,16,17). The fourth-order valence-electron chi connectivity index (χ4n) is 1.39. The molecule has 0 saturated carbocycles. The van der Waals surface area contributed by atoms with E-state index >= 15 is 0 Å². The molecule has 0 saturated heterocycles. The molecule has 0 aromatic heterocycles. The highest BCUT2D eigenvalue weighted by molar-refractivity contribution is 5.89. The quantitative estimate of drug-likeness (QED) is 0.722. The smallest absolute Gasteiger partial charge is 0.336 e. The zero-order valence-electron chi connectivity index (χ0n) is 8.67. The number of carbonyl (C=O) groups is 1. The van der Waals surface area contributed by atoms with Crippen LogP contribution in [0.1, 0.15) is 28.4 Å². The molecule has 2 unspecified atom stereocenters. The Labute approximate surface area is 96.4 Å². The zero-order valence-corrected chi connectivity index (χ0v) is 8.67. The van der Waals surface area contributed by atoms with Gasteiger partial charge in [-0.1, -0.05) is 0 Å². The summed E-state index contributed by atoms with van der Waals surface area (Å²) >= 11 is 0. The van der Waals surface area contributed by atoms with Crippen molar-refractivity contribution in [3.63, 3.8) is 0 Å². The fraction of sp³-hybridized carbons (Fsp3) is 0.273. The average molecular weight is 239 g/mol. The van der Waals surface area contributed by atoms with Gasteiger partial charge >= 0.3 is 5.97 Å². The van der Waals surface area contributed by atoms with Crippen molar-refractivity contribution in [2.45, 2.75) is 18.6 Å². The first-order valence-corrected chi connectivity index (χ1v) is 4.73. The summed E-state index contributed by atoms with van der Waals surface area (Å²) in [7, 11) is 0. The molecular formula is C11H10FNO4. The molecule has 0 radical (unpaired) electrons. The molecule has 1 aromatic rings. The molecule has 0 amide bonds. The largest absolute Gasteiger partial charge is 0.478 e. The SMILES string of the molecule is N#CCC(O)C(O)c1cc(F)ccc1C(=O)O. The van der Waals surface area contributed by atoms with Gasteiger partial charge < -0.3 is 15.3 Å². The molecule has 17 heavy (non-hydrogen) atoms. The van der Waals surface area contributed by atoms with Crippen LogP contribution >= 0.6 is 0 Å². The van der Waals surface area contributed by atoms with E-state index in [-0.39, 0.29) is 17.5 Å². The van der Waals surface area contributed by atoms with Gasteiger partial charge in [0.05, 0.1) is 24.2 Å². The first-order chi connectivity index (χ1) is 7.97. The van der Waals surface area contributed by atoms with Crippen LogP contribution in [0, 0.1) is 17.1 Å². The van der Waals surface area contributed by atoms with Crippen molar-refractivity contribution < 1.29 is 24.5 Å². The highest BCUT2D eigenvalue weighted by Crippen LogP contribution is 2.23. The molecule has 0 bridgehead atoms. The maximum Gasteiger partial charge on any atom is 0.336 e. The summed E-state index contributed by atoms with van der Waals surface area (Å²) < 4.78 is 13.0. The lowest BCUT2D eigenvalue weighted by molar-refractivity contribution is 0.0204. The summed E-state index contributed by atoms with van der Waals surface area (Å²) in [5.74, 6) is -2.07. The molecule has 1 rings (SSSR count). The Bertz CT molecular complexity index is 469. The lowest BCUT2D eigenvalue weighted by atomic mass is 9.97. The maximum absolute atomic E-state index is 13.0. The second kappa shape index (κ2) is 5.39. The van der Waals surface area contributed by atoms with Gasteiger partial charge in [0.15, 0.2) is 0 Å². The number of aliphatic hydroxyl groups is 2. The second-order valence-corrected chi connectivity index (χ2v) is 3.41. The number of benzene rings is 1. The third kappa shape index (κ3) is 3.00. The molecule has 6 heteroatoms. The highest BCUT2D eigenvalue weighted by Gasteiger charge is 2.24. The van der Waals surface area contributed by atoms with Gasteiger partial charge in [0.25, 0.3) is 0 Å². The number of hydrogen-bond donors (Lipinski definition) is 3. The van der Waals surface area contributed by atoms with Crippen molar-refractivity contribution in [1.82, 2.24) is 0 Å². The van der Waals surface area contributed by atoms with Gasteiger partial charge in [-0.3, -0.25) is 0 Å². The summed E-state index contributed by atoms with van der Waals surface area (Å²) in [5, 5.41) is 36.2. The summed E-state index contributed by atoms with van der Waals surface area (Å²) in [6.45, 7) is 0. The van der Waals surface area contributed by atoms with Crippen molar-refractivity contribution in [2.24, 2.45) is 0 Å². The van der Waals surface area contributed by atoms with E-state index in [2.05, 4.69) is 0 Å². The highest BCUT2D eigenvalue weighted by atomic mass is 19.1. The second-order valence-electron chi connectivity index (χ2n) is 3.41. The van der Waals surface area contributed by atoms with Gasteiger partial charge in [-0.05, 0) is 18.2 Å². The minimum Gasteiger partial charge on any atom is -0.478 e. The van der Waals surface area contributed by atoms with Gasteiger partial charge in [0.1, 0.15) is 11.9 Å². The molecule has 2 atom stereocenters. The summed E-state index contributed by atoms with van der Waals surface area (Å²) in [6.07, 6.45) is -3.45. The van der Waals surface area contributed by atoms with Crippen molar-refractivity contribution in [3.8, 4) is 6.07 Å². The fourth-order valence-corrected chi connectivity index (χ4v) is 1.39. The summed E-state index contributed by atoms with van der Waals surface area (Å²) in [4.78, 5) is 10.8. The lowest BCUT2D eigenvalue weighted by Gasteiger charge is -2.17. The third-order valence-electron chi connectivity index (χ3n) is 2.23. The number of nitrogens with zero attached hydrogens (tertiary/aromatic N) is 1. The van der Waals surface area contributed by atoms with Gasteiger partial charge in [0, 0.05) is 5.56 Å². The van der Waals surface area contributed by atoms with Crippen molar-refractivity contribution in [1.29, 1.82) is 5.26 Å². The van der Waals surface area contributed by atoms with E-state index in [0.29, 0.717) is 0 Å². The number of rotatable bonds is 4. The van der Waals surface area contributed by atoms with Crippen molar-refractivity contribution in [2.75, 3.05) is 0 Å². The van der Waals surface area contributed by atoms with E-state index in [4.69, 9.17) is 10.4 Å². The number of aliphatic hydroxyl groups excluding tert-OH is 2. The first kappa shape index (κ1) is 13.1. The van der Waals surface area contributed by atoms with Gasteiger partial charge in [-0.25, -0.2) is 9.18 Å². The Balaban J connectivity index is 3.15. The third-order valence-corrected chi connectivity index (χ3v) is 2.23. The topological polar surface area (TPSA) is 102 Å². The number of carboxylic acid groups (broad SMARTS) is 1. The predicted molar refractivity (Wildman–Crippen MR) is 54.6 cm³/mol. The lowest BCUT2D eigenvalue weighted by Crippen LogP contribution is -2.20. The van der Waals surface area contributed by atoms with E-state index in [1.165, 1.54) is 0 Å². The Kier molecular flexibility index (Phi) is 4.15. The number of nitriles is 1. The molecule has 0 aliphatic heterocycles. The maximum atomic E-state index is 13.0. The Morgan fingerprint density at radius 1 is 1.47 bits per heavy atom. The normalized spacial score (nSPS) is 13.8. The molecule has 5 nitrogen and oxygen atoms in total. The molecule has 0 aliphatic carbocycles. The predicted octanol–water partition coefficient (Wildman–Crippen LogP) is 0.832. The minimum atomic E-state index is -1.61. The Morgan fingerprint density at radius 3 is 2.65 bits per heavy atom. The number of hydrogen-bond acceptors (Lipinski definition) is 4. The molecule has 0 heterocycles. The average Bonchev–Trinajstić information content (AvgIpc) is 2.27. The van der Waals surface area contributed by atoms with Gasteiger partial charge in [0.2, 0.25) is 0 Å². The van der Waals surface area contributed by atoms with Gasteiger partial charge in [-0.15, -0.1) is 0 Å². The van der Waals surface area contributed by atoms with Crippen LogP contribution in [-0.2, 0) is 0 Å². The zero-order chi connectivity index (χ0) is 13.0. The van der Waals surface area contributed by atoms with E-state index in [0.717, 1.165) is 18.2 Å². The van der Waals surface area contributed by atoms with Crippen LogP contribution in [0.25, 0.3) is 0 Å². The Hall–Kier alpha value is -1.97. The molecule has 1 aromatic carbocycles. The monoisotopic (exact) mass is 239 g/mol. The number of carboxylic acids is 1. The molecule has 3 N–H and O–H groups in total. The minimum absolute atomic E-state index is 0.250. The van der Waals surface area contributed by atoms with Crippen LogP contribution in [-0.4, -0.2) is 27.4 Å². The van der Waals surface area contributed by atoms with E-state index in [1.54, 1.807) is 6.07 Å².